The van der Waals surface area contributed by atoms with Gasteiger partial charge in [-0.3, -0.25) is 4.79 Å². The molecular weight excluding hydrogens is 257 g/mol. The molecule has 1 saturated carbocycles. The van der Waals surface area contributed by atoms with Crippen LogP contribution in [0.1, 0.15) is 37.7 Å². The van der Waals surface area contributed by atoms with Gasteiger partial charge in [-0.2, -0.15) is 0 Å². The number of benzene rings is 1. The number of methoxy groups -OCH3 is 1. The van der Waals surface area contributed by atoms with E-state index in [2.05, 4.69) is 0 Å². The van der Waals surface area contributed by atoms with Crippen LogP contribution in [0.2, 0.25) is 0 Å². The number of rotatable bonds is 5. The van der Waals surface area contributed by atoms with E-state index >= 15 is 0 Å². The molecule has 1 amide bonds. The fourth-order valence-corrected chi connectivity index (χ4v) is 2.79. The molecule has 0 radical (unpaired) electrons. The molecule has 110 valence electrons. The van der Waals surface area contributed by atoms with Crippen molar-refractivity contribution >= 4 is 5.91 Å². The van der Waals surface area contributed by atoms with Crippen molar-refractivity contribution in [3.05, 3.63) is 29.6 Å². The Labute approximate surface area is 119 Å². The minimum atomic E-state index is -0.387. The quantitative estimate of drug-likeness (QED) is 0.827. The molecule has 0 N–H and O–H groups in total. The Balaban J connectivity index is 1.91. The van der Waals surface area contributed by atoms with Gasteiger partial charge in [-0.25, -0.2) is 4.39 Å². The minimum absolute atomic E-state index is 0.146. The number of carbonyl (C=O) groups excluding carboxylic acids is 1. The maximum absolute atomic E-state index is 13.6. The molecule has 20 heavy (non-hydrogen) atoms. The van der Waals surface area contributed by atoms with Gasteiger partial charge < -0.3 is 9.64 Å². The van der Waals surface area contributed by atoms with Crippen molar-refractivity contribution in [2.45, 2.75) is 38.6 Å². The van der Waals surface area contributed by atoms with Crippen LogP contribution in [-0.4, -0.2) is 25.0 Å². The summed E-state index contributed by atoms with van der Waals surface area (Å²) in [5.41, 5.74) is 0.783. The second-order valence-electron chi connectivity index (χ2n) is 5.57. The number of halogens is 1. The van der Waals surface area contributed by atoms with Crippen molar-refractivity contribution in [1.82, 2.24) is 4.90 Å². The standard InChI is InChI=1S/C16H22FNO2/c1-18(16(19)10-12-5-3-4-6-12)11-13-7-8-15(20-2)14(17)9-13/h7-9,12H,3-6,10-11H2,1-2H3. The lowest BCUT2D eigenvalue weighted by molar-refractivity contribution is -0.131. The minimum Gasteiger partial charge on any atom is -0.494 e. The molecule has 0 atom stereocenters. The van der Waals surface area contributed by atoms with Gasteiger partial charge in [0.05, 0.1) is 7.11 Å². The van der Waals surface area contributed by atoms with Gasteiger partial charge in [0.1, 0.15) is 0 Å². The third kappa shape index (κ3) is 3.71. The molecule has 1 aromatic carbocycles. The van der Waals surface area contributed by atoms with Crippen LogP contribution in [-0.2, 0) is 11.3 Å². The highest BCUT2D eigenvalue weighted by Crippen LogP contribution is 2.28. The highest BCUT2D eigenvalue weighted by atomic mass is 19.1. The summed E-state index contributed by atoms with van der Waals surface area (Å²) in [5, 5.41) is 0. The molecule has 0 bridgehead atoms. The normalized spacial score (nSPS) is 15.3. The van der Waals surface area contributed by atoms with Crippen LogP contribution in [0.25, 0.3) is 0 Å². The first-order chi connectivity index (χ1) is 9.60. The summed E-state index contributed by atoms with van der Waals surface area (Å²) in [6.45, 7) is 0.437. The Kier molecular flexibility index (Phi) is 4.99. The second kappa shape index (κ2) is 6.73. The average Bonchev–Trinajstić information content (AvgIpc) is 2.91. The maximum Gasteiger partial charge on any atom is 0.222 e. The summed E-state index contributed by atoms with van der Waals surface area (Å²) in [6.07, 6.45) is 5.43. The molecule has 2 rings (SSSR count). The van der Waals surface area contributed by atoms with E-state index in [4.69, 9.17) is 4.74 Å². The van der Waals surface area contributed by atoms with Crippen molar-refractivity contribution in [2.24, 2.45) is 5.92 Å². The number of nitrogens with zero attached hydrogens (tertiary/aromatic N) is 1. The van der Waals surface area contributed by atoms with Crippen LogP contribution in [0.5, 0.6) is 5.75 Å². The Morgan fingerprint density at radius 2 is 2.10 bits per heavy atom. The largest absolute Gasteiger partial charge is 0.494 e. The van der Waals surface area contributed by atoms with E-state index in [1.165, 1.54) is 26.0 Å². The lowest BCUT2D eigenvalue weighted by Gasteiger charge is -2.19. The number of carbonyl (C=O) groups is 1. The zero-order valence-corrected chi connectivity index (χ0v) is 12.2. The topological polar surface area (TPSA) is 29.5 Å². The lowest BCUT2D eigenvalue weighted by atomic mass is 10.0. The summed E-state index contributed by atoms with van der Waals surface area (Å²) in [6, 6.07) is 4.82. The summed E-state index contributed by atoms with van der Waals surface area (Å²) in [7, 11) is 3.22. The highest BCUT2D eigenvalue weighted by Gasteiger charge is 2.20. The van der Waals surface area contributed by atoms with Crippen LogP contribution < -0.4 is 4.74 Å². The van der Waals surface area contributed by atoms with Gasteiger partial charge in [0, 0.05) is 20.0 Å². The van der Waals surface area contributed by atoms with Crippen LogP contribution in [0, 0.1) is 11.7 Å². The Morgan fingerprint density at radius 3 is 2.70 bits per heavy atom. The van der Waals surface area contributed by atoms with E-state index in [0.29, 0.717) is 18.9 Å². The fraction of sp³-hybridized carbons (Fsp3) is 0.562. The summed E-state index contributed by atoms with van der Waals surface area (Å²) >= 11 is 0. The molecule has 0 spiro atoms. The van der Waals surface area contributed by atoms with E-state index in [0.717, 1.165) is 18.4 Å². The smallest absolute Gasteiger partial charge is 0.222 e. The maximum atomic E-state index is 13.6. The fourth-order valence-electron chi connectivity index (χ4n) is 2.79. The first kappa shape index (κ1) is 14.8. The zero-order valence-electron chi connectivity index (χ0n) is 12.2. The monoisotopic (exact) mass is 279 g/mol. The van der Waals surface area contributed by atoms with E-state index in [-0.39, 0.29) is 17.5 Å². The van der Waals surface area contributed by atoms with E-state index in [9.17, 15) is 9.18 Å². The zero-order chi connectivity index (χ0) is 14.5. The van der Waals surface area contributed by atoms with Gasteiger partial charge in [0.25, 0.3) is 0 Å². The number of ether oxygens (including phenoxy) is 1. The predicted molar refractivity (Wildman–Crippen MR) is 76.0 cm³/mol. The second-order valence-corrected chi connectivity index (χ2v) is 5.57. The Bertz CT molecular complexity index is 470. The van der Waals surface area contributed by atoms with Crippen molar-refractivity contribution in [2.75, 3.05) is 14.2 Å². The van der Waals surface area contributed by atoms with Gasteiger partial charge in [0.2, 0.25) is 5.91 Å². The Morgan fingerprint density at radius 1 is 1.40 bits per heavy atom. The van der Waals surface area contributed by atoms with Crippen LogP contribution in [0.3, 0.4) is 0 Å². The molecule has 1 fully saturated rings. The molecule has 4 heteroatoms. The molecule has 1 aliphatic rings. The molecule has 1 aliphatic carbocycles. The molecular formula is C16H22FNO2. The molecule has 0 heterocycles. The SMILES string of the molecule is COc1ccc(CN(C)C(=O)CC2CCCC2)cc1F. The molecule has 0 saturated heterocycles. The van der Waals surface area contributed by atoms with Gasteiger partial charge in [0.15, 0.2) is 11.6 Å². The number of hydrogen-bond donors (Lipinski definition) is 0. The van der Waals surface area contributed by atoms with Gasteiger partial charge in [-0.15, -0.1) is 0 Å². The van der Waals surface area contributed by atoms with Gasteiger partial charge in [-0.1, -0.05) is 18.9 Å². The number of hydrogen-bond acceptors (Lipinski definition) is 2. The first-order valence-corrected chi connectivity index (χ1v) is 7.16. The molecule has 0 aliphatic heterocycles. The van der Waals surface area contributed by atoms with Crippen molar-refractivity contribution < 1.29 is 13.9 Å². The third-order valence-electron chi connectivity index (χ3n) is 4.00. The average molecular weight is 279 g/mol. The molecule has 1 aromatic rings. The Hall–Kier alpha value is -1.58. The summed E-state index contributed by atoms with van der Waals surface area (Å²) < 4.78 is 18.5. The van der Waals surface area contributed by atoms with E-state index in [1.54, 1.807) is 24.1 Å². The molecule has 0 aromatic heterocycles. The van der Waals surface area contributed by atoms with E-state index < -0.39 is 0 Å². The predicted octanol–water partition coefficient (Wildman–Crippen LogP) is 3.37. The van der Waals surface area contributed by atoms with Crippen molar-refractivity contribution in [3.8, 4) is 5.75 Å². The first-order valence-electron chi connectivity index (χ1n) is 7.16. The third-order valence-corrected chi connectivity index (χ3v) is 4.00. The molecule has 0 unspecified atom stereocenters. The van der Waals surface area contributed by atoms with E-state index in [1.807, 2.05) is 0 Å². The highest BCUT2D eigenvalue weighted by molar-refractivity contribution is 5.76. The number of amides is 1. The van der Waals surface area contributed by atoms with Crippen LogP contribution >= 0.6 is 0 Å². The van der Waals surface area contributed by atoms with Gasteiger partial charge >= 0.3 is 0 Å². The summed E-state index contributed by atoms with van der Waals surface area (Å²) in [4.78, 5) is 13.8. The lowest BCUT2D eigenvalue weighted by Crippen LogP contribution is -2.27. The van der Waals surface area contributed by atoms with Crippen LogP contribution in [0.15, 0.2) is 18.2 Å². The van der Waals surface area contributed by atoms with Crippen molar-refractivity contribution in [1.29, 1.82) is 0 Å². The van der Waals surface area contributed by atoms with Crippen molar-refractivity contribution in [3.63, 3.8) is 0 Å². The molecule has 3 nitrogen and oxygen atoms in total. The van der Waals surface area contributed by atoms with Crippen LogP contribution in [0.4, 0.5) is 4.39 Å². The van der Waals surface area contributed by atoms with Gasteiger partial charge in [-0.05, 0) is 36.5 Å². The summed E-state index contributed by atoms with van der Waals surface area (Å²) in [5.74, 6) is 0.529.